The first-order valence-corrected chi connectivity index (χ1v) is 8.13. The van der Waals surface area contributed by atoms with Gasteiger partial charge in [0, 0.05) is 26.3 Å². The summed E-state index contributed by atoms with van der Waals surface area (Å²) in [6, 6.07) is 3.04. The lowest BCUT2D eigenvalue weighted by Gasteiger charge is -2.42. The third-order valence-corrected chi connectivity index (χ3v) is 4.39. The lowest BCUT2D eigenvalue weighted by atomic mass is 9.78. The van der Waals surface area contributed by atoms with E-state index in [-0.39, 0.29) is 29.8 Å². The van der Waals surface area contributed by atoms with Crippen LogP contribution in [-0.4, -0.2) is 36.0 Å². The molecule has 1 aliphatic rings. The van der Waals surface area contributed by atoms with Crippen molar-refractivity contribution in [3.63, 3.8) is 0 Å². The summed E-state index contributed by atoms with van der Waals surface area (Å²) in [7, 11) is 1.78. The molecule has 0 amide bonds. The lowest BCUT2D eigenvalue weighted by Crippen LogP contribution is -2.49. The van der Waals surface area contributed by atoms with Gasteiger partial charge in [-0.25, -0.2) is 4.39 Å². The quantitative estimate of drug-likeness (QED) is 0.445. The topological polar surface area (TPSA) is 40.5 Å². The van der Waals surface area contributed by atoms with Gasteiger partial charge in [0.05, 0.1) is 12.2 Å². The Balaban J connectivity index is 0.00000264. The van der Waals surface area contributed by atoms with E-state index in [0.717, 1.165) is 19.0 Å². The van der Waals surface area contributed by atoms with Crippen molar-refractivity contribution >= 4 is 29.9 Å². The summed E-state index contributed by atoms with van der Waals surface area (Å²) in [4.78, 5) is 10.7. The molecular weight excluding hydrogens is 406 g/mol. The van der Waals surface area contributed by atoms with Crippen LogP contribution in [0.5, 0.6) is 0 Å². The first-order chi connectivity index (χ1) is 10.6. The number of aliphatic imine (C=N–C) groups is 1. The van der Waals surface area contributed by atoms with E-state index in [2.05, 4.69) is 34.0 Å². The molecule has 0 saturated carbocycles. The van der Waals surface area contributed by atoms with Gasteiger partial charge in [0.15, 0.2) is 5.96 Å². The van der Waals surface area contributed by atoms with Crippen LogP contribution in [-0.2, 0) is 6.54 Å². The Morgan fingerprint density at radius 2 is 2.30 bits per heavy atom. The number of aromatic nitrogens is 1. The minimum atomic E-state index is -0.278. The summed E-state index contributed by atoms with van der Waals surface area (Å²) < 4.78 is 13.7. The first-order valence-electron chi connectivity index (χ1n) is 8.13. The fourth-order valence-electron chi connectivity index (χ4n) is 3.35. The molecule has 0 radical (unpaired) electrons. The number of likely N-dealkylation sites (tertiary alicyclic amines) is 1. The van der Waals surface area contributed by atoms with Crippen LogP contribution >= 0.6 is 24.0 Å². The number of hydrogen-bond donors (Lipinski definition) is 1. The molecule has 1 aliphatic heterocycles. The molecule has 0 spiro atoms. The maximum Gasteiger partial charge on any atom is 0.193 e. The summed E-state index contributed by atoms with van der Waals surface area (Å²) in [5.41, 5.74) is 0.776. The predicted octanol–water partition coefficient (Wildman–Crippen LogP) is 3.82. The number of guanidine groups is 1. The summed E-state index contributed by atoms with van der Waals surface area (Å²) in [6.07, 6.45) is 6.49. The molecule has 1 atom stereocenters. The van der Waals surface area contributed by atoms with Crippen molar-refractivity contribution in [3.8, 4) is 0 Å². The second-order valence-electron chi connectivity index (χ2n) is 6.42. The smallest absolute Gasteiger partial charge is 0.193 e. The summed E-state index contributed by atoms with van der Waals surface area (Å²) in [5.74, 6) is 0.562. The Morgan fingerprint density at radius 3 is 2.96 bits per heavy atom. The predicted molar refractivity (Wildman–Crippen MR) is 104 cm³/mol. The van der Waals surface area contributed by atoms with Gasteiger partial charge in [0.1, 0.15) is 5.82 Å². The van der Waals surface area contributed by atoms with Crippen molar-refractivity contribution in [2.24, 2.45) is 10.4 Å². The van der Waals surface area contributed by atoms with Crippen molar-refractivity contribution in [1.82, 2.24) is 15.2 Å². The molecule has 1 saturated heterocycles. The van der Waals surface area contributed by atoms with Gasteiger partial charge >= 0.3 is 0 Å². The molecular formula is C17H28FIN4. The van der Waals surface area contributed by atoms with Crippen LogP contribution in [0.3, 0.4) is 0 Å². The highest BCUT2D eigenvalue weighted by Crippen LogP contribution is 2.33. The molecule has 4 nitrogen and oxygen atoms in total. The van der Waals surface area contributed by atoms with Crippen molar-refractivity contribution in [2.45, 2.75) is 46.1 Å². The Bertz CT molecular complexity index is 519. The van der Waals surface area contributed by atoms with Gasteiger partial charge in [-0.1, -0.05) is 20.3 Å². The molecule has 130 valence electrons. The van der Waals surface area contributed by atoms with Crippen molar-refractivity contribution in [2.75, 3.05) is 20.1 Å². The fraction of sp³-hybridized carbons (Fsp3) is 0.647. The molecule has 1 N–H and O–H groups in total. The maximum atomic E-state index is 13.7. The standard InChI is InChI=1S/C17H27FN4.HI/c1-4-8-17(2)9-6-11-22(13-17)16(19-3)21-12-15-14(18)7-5-10-20-15;/h5,7,10H,4,6,8-9,11-13H2,1-3H3,(H,19,21);1H. The van der Waals surface area contributed by atoms with E-state index in [4.69, 9.17) is 0 Å². The van der Waals surface area contributed by atoms with Crippen LogP contribution in [0, 0.1) is 11.2 Å². The average Bonchev–Trinajstić information content (AvgIpc) is 2.49. The monoisotopic (exact) mass is 434 g/mol. The highest BCUT2D eigenvalue weighted by atomic mass is 127. The second kappa shape index (κ2) is 9.39. The van der Waals surface area contributed by atoms with Crippen LogP contribution in [0.4, 0.5) is 4.39 Å². The normalized spacial score (nSPS) is 21.7. The van der Waals surface area contributed by atoms with Gasteiger partial charge in [0.25, 0.3) is 0 Å². The Kier molecular flexibility index (Phi) is 8.22. The minimum absolute atomic E-state index is 0. The highest BCUT2D eigenvalue weighted by Gasteiger charge is 2.31. The molecule has 0 aliphatic carbocycles. The van der Waals surface area contributed by atoms with E-state index in [9.17, 15) is 4.39 Å². The van der Waals surface area contributed by atoms with E-state index in [1.807, 2.05) is 0 Å². The summed E-state index contributed by atoms with van der Waals surface area (Å²) in [6.45, 7) is 6.96. The van der Waals surface area contributed by atoms with Gasteiger partial charge < -0.3 is 10.2 Å². The zero-order valence-electron chi connectivity index (χ0n) is 14.3. The van der Waals surface area contributed by atoms with Gasteiger partial charge in [-0.3, -0.25) is 9.98 Å². The lowest BCUT2D eigenvalue weighted by molar-refractivity contribution is 0.142. The highest BCUT2D eigenvalue weighted by molar-refractivity contribution is 14.0. The summed E-state index contributed by atoms with van der Waals surface area (Å²) in [5, 5.41) is 3.25. The SMILES string of the molecule is CCCC1(C)CCCN(C(=NC)NCc2ncccc2F)C1.I. The number of nitrogens with zero attached hydrogens (tertiary/aromatic N) is 3. The number of hydrogen-bond acceptors (Lipinski definition) is 2. The van der Waals surface area contributed by atoms with E-state index >= 15 is 0 Å². The average molecular weight is 434 g/mol. The van der Waals surface area contributed by atoms with E-state index < -0.39 is 0 Å². The van der Waals surface area contributed by atoms with Gasteiger partial charge in [0.2, 0.25) is 0 Å². The number of nitrogens with one attached hydrogen (secondary N) is 1. The zero-order chi connectivity index (χ0) is 16.0. The third-order valence-electron chi connectivity index (χ3n) is 4.39. The van der Waals surface area contributed by atoms with Crippen LogP contribution in [0.25, 0.3) is 0 Å². The molecule has 2 heterocycles. The number of halogens is 2. The zero-order valence-corrected chi connectivity index (χ0v) is 16.6. The molecule has 23 heavy (non-hydrogen) atoms. The van der Waals surface area contributed by atoms with Crippen molar-refractivity contribution < 1.29 is 4.39 Å². The maximum absolute atomic E-state index is 13.7. The molecule has 1 aromatic heterocycles. The molecule has 1 aromatic rings. The van der Waals surface area contributed by atoms with E-state index in [1.54, 1.807) is 19.3 Å². The third kappa shape index (κ3) is 5.58. The Labute approximate surface area is 156 Å². The largest absolute Gasteiger partial charge is 0.350 e. The second-order valence-corrected chi connectivity index (χ2v) is 6.42. The van der Waals surface area contributed by atoms with Gasteiger partial charge in [-0.15, -0.1) is 24.0 Å². The molecule has 1 unspecified atom stereocenters. The fourth-order valence-corrected chi connectivity index (χ4v) is 3.35. The van der Waals surface area contributed by atoms with Crippen molar-refractivity contribution in [1.29, 1.82) is 0 Å². The molecule has 6 heteroatoms. The number of pyridine rings is 1. The molecule has 1 fully saturated rings. The van der Waals surface area contributed by atoms with Crippen molar-refractivity contribution in [3.05, 3.63) is 29.8 Å². The summed E-state index contributed by atoms with van der Waals surface area (Å²) >= 11 is 0. The minimum Gasteiger partial charge on any atom is -0.350 e. The Hall–Kier alpha value is -0.920. The molecule has 2 rings (SSSR count). The number of piperidine rings is 1. The van der Waals surface area contributed by atoms with Crippen LogP contribution < -0.4 is 5.32 Å². The van der Waals surface area contributed by atoms with Crippen LogP contribution in [0.2, 0.25) is 0 Å². The van der Waals surface area contributed by atoms with Gasteiger partial charge in [-0.2, -0.15) is 0 Å². The van der Waals surface area contributed by atoms with Crippen LogP contribution in [0.15, 0.2) is 23.3 Å². The number of rotatable bonds is 4. The Morgan fingerprint density at radius 1 is 1.52 bits per heavy atom. The van der Waals surface area contributed by atoms with Gasteiger partial charge in [-0.05, 0) is 36.8 Å². The van der Waals surface area contributed by atoms with E-state index in [0.29, 0.717) is 17.7 Å². The molecule has 0 bridgehead atoms. The van der Waals surface area contributed by atoms with Crippen LogP contribution in [0.1, 0.15) is 45.2 Å². The first kappa shape index (κ1) is 20.1. The van der Waals surface area contributed by atoms with E-state index in [1.165, 1.54) is 31.7 Å². The molecule has 0 aromatic carbocycles.